The predicted molar refractivity (Wildman–Crippen MR) is 95.6 cm³/mol. The lowest BCUT2D eigenvalue weighted by Crippen LogP contribution is -2.12. The third-order valence-electron chi connectivity index (χ3n) is 4.58. The van der Waals surface area contributed by atoms with Crippen molar-refractivity contribution in [1.82, 2.24) is 9.55 Å². The van der Waals surface area contributed by atoms with E-state index in [0.29, 0.717) is 12.2 Å². The molecule has 0 saturated carbocycles. The van der Waals surface area contributed by atoms with Crippen LogP contribution >= 0.6 is 0 Å². The van der Waals surface area contributed by atoms with Crippen LogP contribution in [-0.4, -0.2) is 22.6 Å². The van der Waals surface area contributed by atoms with E-state index in [1.807, 2.05) is 23.6 Å². The second kappa shape index (κ2) is 6.11. The van der Waals surface area contributed by atoms with Gasteiger partial charge in [-0.05, 0) is 56.5 Å². The summed E-state index contributed by atoms with van der Waals surface area (Å²) >= 11 is 0. The topological polar surface area (TPSA) is 44.1 Å². The summed E-state index contributed by atoms with van der Waals surface area (Å²) in [6.45, 7) is 8.92. The molecule has 4 nitrogen and oxygen atoms in total. The van der Waals surface area contributed by atoms with Crippen LogP contribution in [-0.2, 0) is 11.3 Å². The van der Waals surface area contributed by atoms with Crippen LogP contribution in [0.5, 0.6) is 0 Å². The van der Waals surface area contributed by atoms with E-state index in [9.17, 15) is 4.79 Å². The van der Waals surface area contributed by atoms with Crippen LogP contribution < -0.4 is 0 Å². The van der Waals surface area contributed by atoms with Crippen LogP contribution in [0.3, 0.4) is 0 Å². The Bertz CT molecular complexity index is 915. The Kier molecular flexibility index (Phi) is 4.14. The second-order valence-corrected chi connectivity index (χ2v) is 6.31. The first-order valence-corrected chi connectivity index (χ1v) is 8.02. The smallest absolute Gasteiger partial charge is 0.354 e. The maximum Gasteiger partial charge on any atom is 0.354 e. The van der Waals surface area contributed by atoms with E-state index >= 15 is 0 Å². The molecule has 0 radical (unpaired) electrons. The van der Waals surface area contributed by atoms with Crippen LogP contribution in [0.15, 0.2) is 30.5 Å². The molecule has 0 spiro atoms. The Balaban J connectivity index is 2.22. The number of aromatic nitrogens is 2. The molecule has 3 aromatic rings. The molecule has 3 rings (SSSR count). The van der Waals surface area contributed by atoms with Gasteiger partial charge in [-0.25, -0.2) is 4.79 Å². The van der Waals surface area contributed by atoms with Crippen LogP contribution in [0.2, 0.25) is 0 Å². The summed E-state index contributed by atoms with van der Waals surface area (Å²) in [6, 6.07) is 8.19. The van der Waals surface area contributed by atoms with Gasteiger partial charge in [0.25, 0.3) is 0 Å². The third kappa shape index (κ3) is 2.68. The average Bonchev–Trinajstić information content (AvgIpc) is 2.90. The highest BCUT2D eigenvalue weighted by Crippen LogP contribution is 2.26. The molecule has 0 aliphatic carbocycles. The van der Waals surface area contributed by atoms with E-state index in [-0.39, 0.29) is 5.97 Å². The lowest BCUT2D eigenvalue weighted by molar-refractivity contribution is 0.0589. The van der Waals surface area contributed by atoms with Crippen LogP contribution in [0.25, 0.3) is 10.9 Å². The van der Waals surface area contributed by atoms with Gasteiger partial charge in [0.1, 0.15) is 5.69 Å². The number of hydrogen-bond donors (Lipinski definition) is 0. The first-order chi connectivity index (χ1) is 11.4. The number of nitrogens with zero attached hydrogens (tertiary/aromatic N) is 2. The van der Waals surface area contributed by atoms with Crippen molar-refractivity contribution in [3.63, 3.8) is 0 Å². The van der Waals surface area contributed by atoms with E-state index in [4.69, 9.17) is 4.74 Å². The molecule has 2 heterocycles. The van der Waals surface area contributed by atoms with Gasteiger partial charge in [0.2, 0.25) is 0 Å². The van der Waals surface area contributed by atoms with Gasteiger partial charge < -0.3 is 9.30 Å². The lowest BCUT2D eigenvalue weighted by Gasteiger charge is -2.15. The summed E-state index contributed by atoms with van der Waals surface area (Å²) < 4.78 is 7.01. The molecule has 0 fully saturated rings. The standard InChI is InChI=1S/C20H22N2O2/c1-12-8-13(2)17(14(3)9-12)11-22-18-6-7-21-15(4)16(18)10-19(22)20(23)24-5/h6-10H,11H2,1-5H3. The molecule has 0 saturated heterocycles. The zero-order valence-electron chi connectivity index (χ0n) is 14.8. The summed E-state index contributed by atoms with van der Waals surface area (Å²) in [7, 11) is 1.41. The van der Waals surface area contributed by atoms with E-state index in [1.54, 1.807) is 6.20 Å². The fraction of sp³-hybridized carbons (Fsp3) is 0.300. The number of methoxy groups -OCH3 is 1. The van der Waals surface area contributed by atoms with Crippen molar-refractivity contribution in [2.45, 2.75) is 34.2 Å². The molecular formula is C20H22N2O2. The summed E-state index contributed by atoms with van der Waals surface area (Å²) in [4.78, 5) is 16.6. The predicted octanol–water partition coefficient (Wildman–Crippen LogP) is 4.10. The van der Waals surface area contributed by atoms with Gasteiger partial charge in [0, 0.05) is 23.8 Å². The molecule has 1 aromatic carbocycles. The maximum absolute atomic E-state index is 12.3. The molecule has 124 valence electrons. The number of pyridine rings is 1. The number of benzene rings is 1. The van der Waals surface area contributed by atoms with Gasteiger partial charge >= 0.3 is 5.97 Å². The molecule has 0 amide bonds. The quantitative estimate of drug-likeness (QED) is 0.682. The van der Waals surface area contributed by atoms with Crippen molar-refractivity contribution in [3.05, 3.63) is 64.1 Å². The minimum atomic E-state index is -0.326. The monoisotopic (exact) mass is 322 g/mol. The van der Waals surface area contributed by atoms with Crippen molar-refractivity contribution < 1.29 is 9.53 Å². The zero-order valence-corrected chi connectivity index (χ0v) is 14.8. The number of carbonyl (C=O) groups excluding carboxylic acids is 1. The number of aryl methyl sites for hydroxylation is 4. The van der Waals surface area contributed by atoms with Gasteiger partial charge in [-0.15, -0.1) is 0 Å². The van der Waals surface area contributed by atoms with E-state index in [1.165, 1.54) is 29.4 Å². The average molecular weight is 322 g/mol. The first-order valence-electron chi connectivity index (χ1n) is 8.02. The molecular weight excluding hydrogens is 300 g/mol. The highest BCUT2D eigenvalue weighted by atomic mass is 16.5. The van der Waals surface area contributed by atoms with Crippen LogP contribution in [0.1, 0.15) is 38.4 Å². The molecule has 4 heteroatoms. The van der Waals surface area contributed by atoms with E-state index < -0.39 is 0 Å². The molecule has 0 aliphatic rings. The lowest BCUT2D eigenvalue weighted by atomic mass is 9.99. The van der Waals surface area contributed by atoms with E-state index in [2.05, 4.69) is 37.9 Å². The molecule has 0 aliphatic heterocycles. The molecule has 0 bridgehead atoms. The number of carbonyl (C=O) groups is 1. The van der Waals surface area contributed by atoms with Crippen molar-refractivity contribution in [2.75, 3.05) is 7.11 Å². The minimum Gasteiger partial charge on any atom is -0.464 e. The number of ether oxygens (including phenoxy) is 1. The van der Waals surface area contributed by atoms with Crippen molar-refractivity contribution in [1.29, 1.82) is 0 Å². The van der Waals surface area contributed by atoms with Gasteiger partial charge in [-0.3, -0.25) is 4.98 Å². The highest BCUT2D eigenvalue weighted by Gasteiger charge is 2.18. The first kappa shape index (κ1) is 16.2. The maximum atomic E-state index is 12.3. The van der Waals surface area contributed by atoms with Gasteiger partial charge in [0.05, 0.1) is 12.6 Å². The minimum absolute atomic E-state index is 0.326. The second-order valence-electron chi connectivity index (χ2n) is 6.31. The highest BCUT2D eigenvalue weighted by molar-refractivity contribution is 5.96. The molecule has 0 unspecified atom stereocenters. The van der Waals surface area contributed by atoms with Crippen molar-refractivity contribution >= 4 is 16.9 Å². The van der Waals surface area contributed by atoms with Crippen molar-refractivity contribution in [2.24, 2.45) is 0 Å². The van der Waals surface area contributed by atoms with Crippen LogP contribution in [0.4, 0.5) is 0 Å². The molecule has 0 atom stereocenters. The zero-order chi connectivity index (χ0) is 17.4. The SMILES string of the molecule is COC(=O)c1cc2c(C)nccc2n1Cc1c(C)cc(C)cc1C. The summed E-state index contributed by atoms with van der Waals surface area (Å²) in [5.74, 6) is -0.326. The number of fused-ring (bicyclic) bond motifs is 1. The molecule has 0 N–H and O–H groups in total. The fourth-order valence-electron chi connectivity index (χ4n) is 3.38. The van der Waals surface area contributed by atoms with Gasteiger partial charge in [0.15, 0.2) is 0 Å². The summed E-state index contributed by atoms with van der Waals surface area (Å²) in [6.07, 6.45) is 1.78. The Hall–Kier alpha value is -2.62. The molecule has 24 heavy (non-hydrogen) atoms. The Morgan fingerprint density at radius 1 is 1.12 bits per heavy atom. The largest absolute Gasteiger partial charge is 0.464 e. The van der Waals surface area contributed by atoms with Crippen molar-refractivity contribution in [3.8, 4) is 0 Å². The van der Waals surface area contributed by atoms with Crippen LogP contribution in [0, 0.1) is 27.7 Å². The normalized spacial score (nSPS) is 11.0. The Morgan fingerprint density at radius 2 is 1.79 bits per heavy atom. The van der Waals surface area contributed by atoms with E-state index in [0.717, 1.165) is 16.6 Å². The Morgan fingerprint density at radius 3 is 2.42 bits per heavy atom. The van der Waals surface area contributed by atoms with Gasteiger partial charge in [-0.1, -0.05) is 17.7 Å². The number of hydrogen-bond acceptors (Lipinski definition) is 3. The fourth-order valence-corrected chi connectivity index (χ4v) is 3.38. The third-order valence-corrected chi connectivity index (χ3v) is 4.58. The number of rotatable bonds is 3. The summed E-state index contributed by atoms with van der Waals surface area (Å²) in [5, 5.41) is 0.986. The summed E-state index contributed by atoms with van der Waals surface area (Å²) in [5.41, 5.74) is 7.42. The molecule has 2 aromatic heterocycles. The number of esters is 1. The Labute approximate surface area is 142 Å². The van der Waals surface area contributed by atoms with Gasteiger partial charge in [-0.2, -0.15) is 0 Å².